The molecule has 0 radical (unpaired) electrons. The molecule has 0 aliphatic carbocycles. The summed E-state index contributed by atoms with van der Waals surface area (Å²) < 4.78 is 18.6. The molecule has 7 heteroatoms. The molecular formula is C13H10BFN2O3. The van der Waals surface area contributed by atoms with Crippen LogP contribution in [-0.4, -0.2) is 22.2 Å². The Bertz CT molecular complexity index is 658. The molecule has 0 saturated heterocycles. The summed E-state index contributed by atoms with van der Waals surface area (Å²) in [7, 11) is -1.62. The van der Waals surface area contributed by atoms with Gasteiger partial charge in [-0.2, -0.15) is 5.26 Å². The molecule has 0 spiro atoms. The van der Waals surface area contributed by atoms with Crippen molar-refractivity contribution in [3.63, 3.8) is 0 Å². The number of ether oxygens (including phenoxy) is 1. The van der Waals surface area contributed by atoms with Crippen molar-refractivity contribution in [3.05, 3.63) is 53.6 Å². The average Bonchev–Trinajstić information content (AvgIpc) is 2.46. The first-order valence-corrected chi connectivity index (χ1v) is 5.72. The standard InChI is InChI=1S/C13H10BFN2O3/c15-13-2-1-9(3-10(13)5-16)8-20-12-4-11(14(18)19)6-17-7-12/h1-4,6-7,18-19H,8H2. The number of nitriles is 1. The SMILES string of the molecule is N#Cc1cc(COc2cncc(B(O)O)c2)ccc1F. The lowest BCUT2D eigenvalue weighted by Gasteiger charge is -2.08. The lowest BCUT2D eigenvalue weighted by Crippen LogP contribution is -2.30. The predicted octanol–water partition coefficient (Wildman–Crippen LogP) is 0.351. The van der Waals surface area contributed by atoms with Crippen LogP contribution < -0.4 is 10.2 Å². The van der Waals surface area contributed by atoms with Gasteiger partial charge in [0.1, 0.15) is 24.2 Å². The second-order valence-electron chi connectivity index (χ2n) is 4.04. The first-order chi connectivity index (χ1) is 9.60. The Kier molecular flexibility index (Phi) is 4.30. The largest absolute Gasteiger partial charge is 0.490 e. The molecule has 2 aromatic rings. The topological polar surface area (TPSA) is 86.4 Å². The van der Waals surface area contributed by atoms with Crippen LogP contribution in [0.1, 0.15) is 11.1 Å². The maximum absolute atomic E-state index is 13.1. The number of hydrogen-bond acceptors (Lipinski definition) is 5. The molecule has 0 unspecified atom stereocenters. The van der Waals surface area contributed by atoms with Crippen LogP contribution in [0.2, 0.25) is 0 Å². The summed E-state index contributed by atoms with van der Waals surface area (Å²) in [4.78, 5) is 3.81. The van der Waals surface area contributed by atoms with E-state index in [0.717, 1.165) is 0 Å². The lowest BCUT2D eigenvalue weighted by molar-refractivity contribution is 0.305. The third-order valence-corrected chi connectivity index (χ3v) is 2.59. The summed E-state index contributed by atoms with van der Waals surface area (Å²) in [6.07, 6.45) is 2.73. The minimum atomic E-state index is -1.62. The van der Waals surface area contributed by atoms with E-state index in [-0.39, 0.29) is 17.6 Å². The zero-order valence-corrected chi connectivity index (χ0v) is 10.3. The summed E-state index contributed by atoms with van der Waals surface area (Å²) in [5, 5.41) is 26.8. The van der Waals surface area contributed by atoms with Crippen LogP contribution in [0, 0.1) is 17.1 Å². The zero-order valence-electron chi connectivity index (χ0n) is 10.3. The van der Waals surface area contributed by atoms with E-state index < -0.39 is 12.9 Å². The van der Waals surface area contributed by atoms with E-state index in [4.69, 9.17) is 20.0 Å². The van der Waals surface area contributed by atoms with Crippen LogP contribution in [0.4, 0.5) is 4.39 Å². The van der Waals surface area contributed by atoms with Gasteiger partial charge in [-0.25, -0.2) is 4.39 Å². The normalized spacial score (nSPS) is 9.90. The van der Waals surface area contributed by atoms with Crippen molar-refractivity contribution in [3.8, 4) is 11.8 Å². The van der Waals surface area contributed by atoms with Crippen molar-refractivity contribution in [2.24, 2.45) is 0 Å². The zero-order chi connectivity index (χ0) is 14.5. The third kappa shape index (κ3) is 3.32. The van der Waals surface area contributed by atoms with Crippen LogP contribution in [-0.2, 0) is 6.61 Å². The number of pyridine rings is 1. The van der Waals surface area contributed by atoms with Gasteiger partial charge in [0, 0.05) is 11.7 Å². The second-order valence-corrected chi connectivity index (χ2v) is 4.04. The molecule has 0 atom stereocenters. The van der Waals surface area contributed by atoms with Gasteiger partial charge in [0.25, 0.3) is 0 Å². The van der Waals surface area contributed by atoms with E-state index in [1.165, 1.54) is 36.7 Å². The number of rotatable bonds is 4. The molecule has 0 amide bonds. The second kappa shape index (κ2) is 6.15. The Morgan fingerprint density at radius 3 is 2.80 bits per heavy atom. The summed E-state index contributed by atoms with van der Waals surface area (Å²) in [5.74, 6) is -0.234. The Morgan fingerprint density at radius 1 is 1.30 bits per heavy atom. The van der Waals surface area contributed by atoms with Gasteiger partial charge in [-0.15, -0.1) is 0 Å². The fourth-order valence-corrected chi connectivity index (χ4v) is 1.57. The predicted molar refractivity (Wildman–Crippen MR) is 69.5 cm³/mol. The molecular weight excluding hydrogens is 262 g/mol. The summed E-state index contributed by atoms with van der Waals surface area (Å²) >= 11 is 0. The molecule has 5 nitrogen and oxygen atoms in total. The highest BCUT2D eigenvalue weighted by molar-refractivity contribution is 6.58. The highest BCUT2D eigenvalue weighted by atomic mass is 19.1. The fraction of sp³-hybridized carbons (Fsp3) is 0.0769. The van der Waals surface area contributed by atoms with Crippen LogP contribution in [0.15, 0.2) is 36.7 Å². The number of hydrogen-bond donors (Lipinski definition) is 2. The molecule has 1 aromatic heterocycles. The molecule has 1 heterocycles. The molecule has 2 rings (SSSR count). The number of nitrogens with zero attached hydrogens (tertiary/aromatic N) is 2. The first-order valence-electron chi connectivity index (χ1n) is 5.72. The van der Waals surface area contributed by atoms with E-state index in [0.29, 0.717) is 11.3 Å². The maximum atomic E-state index is 13.1. The molecule has 0 saturated carbocycles. The van der Waals surface area contributed by atoms with Gasteiger partial charge in [0.15, 0.2) is 0 Å². The van der Waals surface area contributed by atoms with Crippen molar-refractivity contribution in [2.45, 2.75) is 6.61 Å². The van der Waals surface area contributed by atoms with Crippen molar-refractivity contribution in [1.29, 1.82) is 5.26 Å². The Balaban J connectivity index is 2.09. The van der Waals surface area contributed by atoms with Gasteiger partial charge < -0.3 is 14.8 Å². The van der Waals surface area contributed by atoms with E-state index in [9.17, 15) is 4.39 Å². The molecule has 0 bridgehead atoms. The van der Waals surface area contributed by atoms with Crippen LogP contribution in [0.5, 0.6) is 5.75 Å². The minimum absolute atomic E-state index is 0.0521. The quantitative estimate of drug-likeness (QED) is 0.784. The highest BCUT2D eigenvalue weighted by Gasteiger charge is 2.12. The van der Waals surface area contributed by atoms with Gasteiger partial charge in [-0.05, 0) is 23.8 Å². The van der Waals surface area contributed by atoms with E-state index in [2.05, 4.69) is 4.98 Å². The first kappa shape index (κ1) is 14.0. The molecule has 0 aliphatic heterocycles. The molecule has 100 valence electrons. The van der Waals surface area contributed by atoms with Gasteiger partial charge in [-0.1, -0.05) is 6.07 Å². The van der Waals surface area contributed by atoms with Crippen molar-refractivity contribution < 1.29 is 19.2 Å². The summed E-state index contributed by atoms with van der Waals surface area (Å²) in [6.45, 7) is 0.113. The fourth-order valence-electron chi connectivity index (χ4n) is 1.57. The van der Waals surface area contributed by atoms with Gasteiger partial charge in [0.2, 0.25) is 0 Å². The molecule has 0 fully saturated rings. The van der Waals surface area contributed by atoms with Crippen LogP contribution in [0.3, 0.4) is 0 Å². The van der Waals surface area contributed by atoms with E-state index in [1.807, 2.05) is 0 Å². The van der Waals surface area contributed by atoms with Crippen LogP contribution >= 0.6 is 0 Å². The monoisotopic (exact) mass is 272 g/mol. The molecule has 1 aromatic carbocycles. The number of benzene rings is 1. The van der Waals surface area contributed by atoms with Crippen molar-refractivity contribution in [2.75, 3.05) is 0 Å². The van der Waals surface area contributed by atoms with Crippen molar-refractivity contribution >= 4 is 12.6 Å². The Hall–Kier alpha value is -2.43. The number of aromatic nitrogens is 1. The highest BCUT2D eigenvalue weighted by Crippen LogP contribution is 2.13. The maximum Gasteiger partial charge on any atom is 0.490 e. The van der Waals surface area contributed by atoms with E-state index >= 15 is 0 Å². The van der Waals surface area contributed by atoms with Crippen LogP contribution in [0.25, 0.3) is 0 Å². The van der Waals surface area contributed by atoms with Crippen molar-refractivity contribution in [1.82, 2.24) is 4.98 Å². The smallest absolute Gasteiger partial charge is 0.487 e. The molecule has 20 heavy (non-hydrogen) atoms. The molecule has 2 N–H and O–H groups in total. The summed E-state index contributed by atoms with van der Waals surface area (Å²) in [6, 6.07) is 7.29. The third-order valence-electron chi connectivity index (χ3n) is 2.59. The van der Waals surface area contributed by atoms with E-state index in [1.54, 1.807) is 6.07 Å². The number of halogens is 1. The average molecular weight is 272 g/mol. The lowest BCUT2D eigenvalue weighted by atomic mass is 9.82. The summed E-state index contributed by atoms with van der Waals surface area (Å²) in [5.41, 5.74) is 0.779. The Labute approximate surface area is 115 Å². The van der Waals surface area contributed by atoms with Gasteiger partial charge >= 0.3 is 7.12 Å². The van der Waals surface area contributed by atoms with Gasteiger partial charge in [-0.3, -0.25) is 4.98 Å². The molecule has 0 aliphatic rings. The Morgan fingerprint density at radius 2 is 2.10 bits per heavy atom. The van der Waals surface area contributed by atoms with Gasteiger partial charge in [0.05, 0.1) is 11.8 Å². The minimum Gasteiger partial charge on any atom is -0.487 e.